The molecule has 0 fully saturated rings. The van der Waals surface area contributed by atoms with E-state index in [0.717, 1.165) is 22.3 Å². The van der Waals surface area contributed by atoms with Gasteiger partial charge in [-0.15, -0.1) is 24.8 Å². The number of fused-ring (bicyclic) bond motifs is 1. The van der Waals surface area contributed by atoms with Crippen LogP contribution in [0, 0.1) is 0 Å². The van der Waals surface area contributed by atoms with Gasteiger partial charge in [0.1, 0.15) is 6.10 Å². The van der Waals surface area contributed by atoms with Gasteiger partial charge in [0.05, 0.1) is 29.4 Å². The predicted octanol–water partition coefficient (Wildman–Crippen LogP) is 3.54. The number of imidazole rings is 1. The fourth-order valence-electron chi connectivity index (χ4n) is 2.04. The van der Waals surface area contributed by atoms with E-state index in [0.29, 0.717) is 0 Å². The van der Waals surface area contributed by atoms with Crippen LogP contribution in [-0.4, -0.2) is 22.1 Å². The first kappa shape index (κ1) is 16.4. The second-order valence-electron chi connectivity index (χ2n) is 4.05. The number of H-pyrrole nitrogens is 1. The molecule has 1 unspecified atom stereocenters. The Morgan fingerprint density at radius 1 is 1.10 bits per heavy atom. The molecule has 0 amide bonds. The van der Waals surface area contributed by atoms with Crippen molar-refractivity contribution in [2.24, 2.45) is 0 Å². The highest BCUT2D eigenvalue weighted by atomic mass is 35.5. The number of aromatic amines is 1. The summed E-state index contributed by atoms with van der Waals surface area (Å²) in [5, 5.41) is 1.13. The Bertz CT molecular complexity index is 658. The van der Waals surface area contributed by atoms with Gasteiger partial charge >= 0.3 is 0 Å². The van der Waals surface area contributed by atoms with Crippen molar-refractivity contribution in [1.29, 1.82) is 0 Å². The van der Waals surface area contributed by atoms with Gasteiger partial charge in [-0.2, -0.15) is 0 Å². The van der Waals surface area contributed by atoms with Crippen molar-refractivity contribution in [3.8, 4) is 0 Å². The third-order valence-corrected chi connectivity index (χ3v) is 2.93. The van der Waals surface area contributed by atoms with Crippen LogP contribution in [0.3, 0.4) is 0 Å². The van der Waals surface area contributed by atoms with Crippen LogP contribution in [0.2, 0.25) is 0 Å². The predicted molar refractivity (Wildman–Crippen MR) is 83.7 cm³/mol. The quantitative estimate of drug-likeness (QED) is 0.805. The molecule has 1 atom stereocenters. The standard InChI is InChI=1S/C14H13N3O.2ClH/c1-18-14(13-8-15-9-16-13)12-7-6-10-4-2-3-5-11(10)17-12;;/h2-9,14H,1H3,(H,15,16);2*1H. The first-order valence-corrected chi connectivity index (χ1v) is 5.75. The van der Waals surface area contributed by atoms with Gasteiger partial charge < -0.3 is 9.72 Å². The van der Waals surface area contributed by atoms with Gasteiger partial charge in [0.15, 0.2) is 0 Å². The van der Waals surface area contributed by atoms with Crippen LogP contribution in [0.5, 0.6) is 0 Å². The minimum Gasteiger partial charge on any atom is -0.369 e. The molecule has 106 valence electrons. The molecule has 3 aromatic rings. The summed E-state index contributed by atoms with van der Waals surface area (Å²) < 4.78 is 5.50. The molecule has 0 aliphatic carbocycles. The van der Waals surface area contributed by atoms with E-state index in [2.05, 4.69) is 21.0 Å². The third kappa shape index (κ3) is 3.10. The van der Waals surface area contributed by atoms with E-state index in [9.17, 15) is 0 Å². The van der Waals surface area contributed by atoms with Crippen molar-refractivity contribution in [2.45, 2.75) is 6.10 Å². The number of halogens is 2. The zero-order valence-corrected chi connectivity index (χ0v) is 12.4. The van der Waals surface area contributed by atoms with Crippen LogP contribution in [-0.2, 0) is 4.74 Å². The van der Waals surface area contributed by atoms with Crippen LogP contribution in [0.1, 0.15) is 17.5 Å². The first-order valence-electron chi connectivity index (χ1n) is 5.75. The molecule has 0 spiro atoms. The van der Waals surface area contributed by atoms with Gasteiger partial charge in [-0.3, -0.25) is 0 Å². The molecule has 20 heavy (non-hydrogen) atoms. The normalized spacial score (nSPS) is 11.4. The molecule has 0 saturated carbocycles. The van der Waals surface area contributed by atoms with E-state index in [1.165, 1.54) is 0 Å². The zero-order valence-electron chi connectivity index (χ0n) is 10.8. The summed E-state index contributed by atoms with van der Waals surface area (Å²) in [5.41, 5.74) is 2.75. The maximum absolute atomic E-state index is 5.50. The van der Waals surface area contributed by atoms with E-state index < -0.39 is 0 Å². The van der Waals surface area contributed by atoms with Gasteiger partial charge in [0.2, 0.25) is 0 Å². The number of ether oxygens (including phenoxy) is 1. The van der Waals surface area contributed by atoms with E-state index in [1.54, 1.807) is 19.6 Å². The number of nitrogens with one attached hydrogen (secondary N) is 1. The Balaban J connectivity index is 0.000001000. The maximum atomic E-state index is 5.50. The van der Waals surface area contributed by atoms with E-state index >= 15 is 0 Å². The number of aromatic nitrogens is 3. The molecule has 0 radical (unpaired) electrons. The molecule has 0 aliphatic rings. The molecule has 1 N–H and O–H groups in total. The number of hydrogen-bond acceptors (Lipinski definition) is 3. The van der Waals surface area contributed by atoms with Crippen LogP contribution in [0.15, 0.2) is 48.9 Å². The van der Waals surface area contributed by atoms with Crippen molar-refractivity contribution in [3.63, 3.8) is 0 Å². The van der Waals surface area contributed by atoms with Crippen molar-refractivity contribution in [1.82, 2.24) is 15.0 Å². The molecule has 0 aliphatic heterocycles. The Kier molecular flexibility index (Phi) is 5.95. The number of rotatable bonds is 3. The highest BCUT2D eigenvalue weighted by Gasteiger charge is 2.16. The lowest BCUT2D eigenvalue weighted by molar-refractivity contribution is 0.130. The fraction of sp³-hybridized carbons (Fsp3) is 0.143. The summed E-state index contributed by atoms with van der Waals surface area (Å²) in [6.07, 6.45) is 3.19. The summed E-state index contributed by atoms with van der Waals surface area (Å²) in [7, 11) is 1.67. The lowest BCUT2D eigenvalue weighted by Crippen LogP contribution is -2.06. The van der Waals surface area contributed by atoms with Gasteiger partial charge in [-0.05, 0) is 12.1 Å². The second kappa shape index (κ2) is 7.24. The SMILES string of the molecule is COC(c1ccc2ccccc2n1)c1cnc[nH]1.Cl.Cl. The molecule has 0 saturated heterocycles. The lowest BCUT2D eigenvalue weighted by Gasteiger charge is -2.13. The van der Waals surface area contributed by atoms with Gasteiger partial charge in [-0.25, -0.2) is 9.97 Å². The van der Waals surface area contributed by atoms with Crippen LogP contribution in [0.25, 0.3) is 10.9 Å². The number of hydrogen-bond donors (Lipinski definition) is 1. The summed E-state index contributed by atoms with van der Waals surface area (Å²) in [6.45, 7) is 0. The van der Waals surface area contributed by atoms with Crippen molar-refractivity contribution >= 4 is 35.7 Å². The van der Waals surface area contributed by atoms with Crippen LogP contribution >= 0.6 is 24.8 Å². The Labute approximate surface area is 129 Å². The minimum absolute atomic E-state index is 0. The van der Waals surface area contributed by atoms with Crippen molar-refractivity contribution < 1.29 is 4.74 Å². The average Bonchev–Trinajstić information content (AvgIpc) is 2.93. The highest BCUT2D eigenvalue weighted by molar-refractivity contribution is 5.85. The zero-order chi connectivity index (χ0) is 12.4. The average molecular weight is 312 g/mol. The monoisotopic (exact) mass is 311 g/mol. The van der Waals surface area contributed by atoms with Crippen LogP contribution < -0.4 is 0 Å². The van der Waals surface area contributed by atoms with Gasteiger partial charge in [0.25, 0.3) is 0 Å². The molecule has 6 heteroatoms. The number of nitrogens with zero attached hydrogens (tertiary/aromatic N) is 2. The highest BCUT2D eigenvalue weighted by Crippen LogP contribution is 2.23. The number of para-hydroxylation sites is 1. The number of benzene rings is 1. The van der Waals surface area contributed by atoms with Gasteiger partial charge in [-0.1, -0.05) is 24.3 Å². The topological polar surface area (TPSA) is 50.8 Å². The summed E-state index contributed by atoms with van der Waals surface area (Å²) in [5.74, 6) is 0. The van der Waals surface area contributed by atoms with E-state index in [1.807, 2.05) is 30.3 Å². The van der Waals surface area contributed by atoms with E-state index in [4.69, 9.17) is 4.74 Å². The van der Waals surface area contributed by atoms with Gasteiger partial charge in [0, 0.05) is 12.5 Å². The van der Waals surface area contributed by atoms with E-state index in [-0.39, 0.29) is 30.9 Å². The summed E-state index contributed by atoms with van der Waals surface area (Å²) in [4.78, 5) is 11.7. The molecular formula is C14H15Cl2N3O. The molecule has 2 aromatic heterocycles. The second-order valence-corrected chi connectivity index (χ2v) is 4.05. The maximum Gasteiger partial charge on any atom is 0.140 e. The third-order valence-electron chi connectivity index (χ3n) is 2.93. The molecule has 1 aromatic carbocycles. The Morgan fingerprint density at radius 3 is 2.60 bits per heavy atom. The summed E-state index contributed by atoms with van der Waals surface area (Å²) >= 11 is 0. The van der Waals surface area contributed by atoms with Crippen LogP contribution in [0.4, 0.5) is 0 Å². The number of pyridine rings is 1. The molecule has 2 heterocycles. The lowest BCUT2D eigenvalue weighted by atomic mass is 10.1. The molecule has 0 bridgehead atoms. The Hall–Kier alpha value is -1.62. The Morgan fingerprint density at radius 2 is 1.90 bits per heavy atom. The first-order chi connectivity index (χ1) is 8.88. The molecular weight excluding hydrogens is 297 g/mol. The van der Waals surface area contributed by atoms with Crippen molar-refractivity contribution in [3.05, 3.63) is 60.3 Å². The minimum atomic E-state index is -0.211. The molecule has 3 rings (SSSR count). The smallest absolute Gasteiger partial charge is 0.140 e. The summed E-state index contributed by atoms with van der Waals surface area (Å²) in [6, 6.07) is 12.1. The fourth-order valence-corrected chi connectivity index (χ4v) is 2.04. The largest absolute Gasteiger partial charge is 0.369 e. The number of methoxy groups -OCH3 is 1. The van der Waals surface area contributed by atoms with Crippen molar-refractivity contribution in [2.75, 3.05) is 7.11 Å². The molecule has 4 nitrogen and oxygen atoms in total.